The zero-order valence-corrected chi connectivity index (χ0v) is 17.1. The summed E-state index contributed by atoms with van der Waals surface area (Å²) in [6.07, 6.45) is 3.86. The van der Waals surface area contributed by atoms with Crippen LogP contribution in [0.25, 0.3) is 0 Å². The molecular weight excluding hydrogens is 382 g/mol. The van der Waals surface area contributed by atoms with Crippen LogP contribution in [0.1, 0.15) is 30.9 Å². The Morgan fingerprint density at radius 1 is 1.22 bits per heavy atom. The van der Waals surface area contributed by atoms with Crippen LogP contribution in [0.4, 0.5) is 0 Å². The molecule has 2 aromatic carbocycles. The van der Waals surface area contributed by atoms with Crippen molar-refractivity contribution < 1.29 is 9.47 Å². The van der Waals surface area contributed by atoms with Gasteiger partial charge in [-0.2, -0.15) is 5.10 Å². The predicted molar refractivity (Wildman–Crippen MR) is 115 cm³/mol. The van der Waals surface area contributed by atoms with E-state index in [4.69, 9.17) is 33.3 Å². The molecule has 0 aromatic heterocycles. The minimum Gasteiger partial charge on any atom is -0.493 e. The van der Waals surface area contributed by atoms with Crippen LogP contribution in [0, 0.1) is 0 Å². The molecule has 27 heavy (non-hydrogen) atoms. The molecule has 0 aliphatic heterocycles. The highest BCUT2D eigenvalue weighted by Crippen LogP contribution is 2.29. The molecule has 0 bridgehead atoms. The maximum Gasteiger partial charge on any atom is 0.186 e. The summed E-state index contributed by atoms with van der Waals surface area (Å²) >= 11 is 11.3. The summed E-state index contributed by atoms with van der Waals surface area (Å²) in [7, 11) is 1.60. The van der Waals surface area contributed by atoms with E-state index in [-0.39, 0.29) is 0 Å². The van der Waals surface area contributed by atoms with Gasteiger partial charge in [-0.05, 0) is 48.5 Å². The summed E-state index contributed by atoms with van der Waals surface area (Å²) in [5.41, 5.74) is 4.58. The molecule has 144 valence electrons. The third-order valence-corrected chi connectivity index (χ3v) is 4.33. The van der Waals surface area contributed by atoms with Crippen molar-refractivity contribution in [2.45, 2.75) is 26.4 Å². The second-order valence-corrected chi connectivity index (χ2v) is 6.59. The first kappa shape index (κ1) is 21.0. The third kappa shape index (κ3) is 7.07. The van der Waals surface area contributed by atoms with Gasteiger partial charge in [0.05, 0.1) is 13.3 Å². The van der Waals surface area contributed by atoms with Crippen molar-refractivity contribution in [2.24, 2.45) is 5.10 Å². The molecule has 0 fully saturated rings. The van der Waals surface area contributed by atoms with E-state index < -0.39 is 0 Å². The summed E-state index contributed by atoms with van der Waals surface area (Å²) in [4.78, 5) is 0. The lowest BCUT2D eigenvalue weighted by molar-refractivity contribution is 0.284. The normalized spacial score (nSPS) is 10.6. The Morgan fingerprint density at radius 2 is 2.04 bits per heavy atom. The van der Waals surface area contributed by atoms with E-state index in [1.54, 1.807) is 13.3 Å². The van der Waals surface area contributed by atoms with Gasteiger partial charge < -0.3 is 14.8 Å². The second-order valence-electron chi connectivity index (χ2n) is 5.77. The monoisotopic (exact) mass is 405 g/mol. The Bertz CT molecular complexity index is 784. The van der Waals surface area contributed by atoms with E-state index in [1.165, 1.54) is 0 Å². The number of halogens is 1. The lowest BCUT2D eigenvalue weighted by atomic mass is 10.2. The van der Waals surface area contributed by atoms with E-state index in [2.05, 4.69) is 22.8 Å². The number of unbranched alkanes of at least 4 members (excludes halogenated alkanes) is 1. The Morgan fingerprint density at radius 3 is 2.78 bits per heavy atom. The van der Waals surface area contributed by atoms with E-state index in [0.29, 0.717) is 28.2 Å². The van der Waals surface area contributed by atoms with E-state index >= 15 is 0 Å². The Labute approximate surface area is 170 Å². The number of nitrogens with zero attached hydrogens (tertiary/aromatic N) is 1. The molecule has 2 aromatic rings. The number of nitrogens with one attached hydrogen (secondary N) is 2. The molecule has 0 spiro atoms. The Balaban J connectivity index is 1.94. The molecule has 0 aliphatic rings. The lowest BCUT2D eigenvalue weighted by Crippen LogP contribution is -2.32. The van der Waals surface area contributed by atoms with Crippen LogP contribution in [0.15, 0.2) is 47.6 Å². The van der Waals surface area contributed by atoms with Gasteiger partial charge in [-0.15, -0.1) is 0 Å². The minimum atomic E-state index is 0.364. The number of ether oxygens (including phenoxy) is 2. The van der Waals surface area contributed by atoms with E-state index in [9.17, 15) is 0 Å². The molecule has 0 aliphatic carbocycles. The van der Waals surface area contributed by atoms with Gasteiger partial charge in [0.1, 0.15) is 6.61 Å². The van der Waals surface area contributed by atoms with Gasteiger partial charge in [-0.25, -0.2) is 0 Å². The number of thiocarbonyl (C=S) groups is 1. The van der Waals surface area contributed by atoms with Gasteiger partial charge in [0.15, 0.2) is 16.6 Å². The van der Waals surface area contributed by atoms with Gasteiger partial charge in [0.2, 0.25) is 0 Å². The first-order chi connectivity index (χ1) is 13.1. The smallest absolute Gasteiger partial charge is 0.186 e. The molecule has 0 saturated heterocycles. The first-order valence-electron chi connectivity index (χ1n) is 8.75. The largest absolute Gasteiger partial charge is 0.493 e. The van der Waals surface area contributed by atoms with Crippen LogP contribution in [-0.4, -0.2) is 25.0 Å². The number of benzene rings is 2. The molecule has 5 nitrogen and oxygen atoms in total. The van der Waals surface area contributed by atoms with Crippen LogP contribution < -0.4 is 20.2 Å². The molecule has 0 atom stereocenters. The number of hydrazone groups is 1. The van der Waals surface area contributed by atoms with Gasteiger partial charge in [0.25, 0.3) is 0 Å². The van der Waals surface area contributed by atoms with Gasteiger partial charge >= 0.3 is 0 Å². The molecular formula is C20H24ClN3O2S. The lowest BCUT2D eigenvalue weighted by Gasteiger charge is -2.12. The summed E-state index contributed by atoms with van der Waals surface area (Å²) in [6.45, 7) is 3.33. The van der Waals surface area contributed by atoms with Crippen molar-refractivity contribution >= 4 is 35.1 Å². The van der Waals surface area contributed by atoms with Crippen molar-refractivity contribution in [3.05, 3.63) is 58.6 Å². The van der Waals surface area contributed by atoms with Crippen LogP contribution in [0.3, 0.4) is 0 Å². The quantitative estimate of drug-likeness (QED) is 0.278. The highest BCUT2D eigenvalue weighted by atomic mass is 35.5. The van der Waals surface area contributed by atoms with Crippen LogP contribution in [0.2, 0.25) is 5.02 Å². The maximum atomic E-state index is 6.16. The Kier molecular flexibility index (Phi) is 8.87. The van der Waals surface area contributed by atoms with Gasteiger partial charge in [-0.1, -0.05) is 43.1 Å². The second kappa shape index (κ2) is 11.4. The highest BCUT2D eigenvalue weighted by molar-refractivity contribution is 7.80. The predicted octanol–water partition coefficient (Wildman–Crippen LogP) is 4.53. The molecule has 2 N–H and O–H groups in total. The number of hydrogen-bond donors (Lipinski definition) is 2. The van der Waals surface area contributed by atoms with Crippen LogP contribution >= 0.6 is 23.8 Å². The zero-order valence-electron chi connectivity index (χ0n) is 15.5. The first-order valence-corrected chi connectivity index (χ1v) is 9.53. The number of rotatable bonds is 9. The third-order valence-electron chi connectivity index (χ3n) is 3.72. The summed E-state index contributed by atoms with van der Waals surface area (Å²) in [5, 5.41) is 8.41. The Hall–Kier alpha value is -2.31. The molecule has 0 unspecified atom stereocenters. The molecule has 0 saturated carbocycles. The summed E-state index contributed by atoms with van der Waals surface area (Å²) < 4.78 is 11.3. The number of hydrogen-bond acceptors (Lipinski definition) is 4. The van der Waals surface area contributed by atoms with Crippen molar-refractivity contribution in [2.75, 3.05) is 13.7 Å². The standard InChI is InChI=1S/C20H24ClN3O2S/c1-3-4-11-22-20(27)24-23-13-15-9-10-18(19(12-15)25-2)26-14-16-7-5-6-8-17(16)21/h5-10,12-13H,3-4,11,14H2,1-2H3,(H2,22,24,27)/b23-13-. The van der Waals surface area contributed by atoms with Gasteiger partial charge in [-0.3, -0.25) is 5.43 Å². The van der Waals surface area contributed by atoms with Crippen LogP contribution in [-0.2, 0) is 6.61 Å². The van der Waals surface area contributed by atoms with Crippen molar-refractivity contribution in [1.29, 1.82) is 0 Å². The average molecular weight is 406 g/mol. The maximum absolute atomic E-state index is 6.16. The minimum absolute atomic E-state index is 0.364. The zero-order chi connectivity index (χ0) is 19.5. The molecule has 2 rings (SSSR count). The summed E-state index contributed by atoms with van der Waals surface area (Å²) in [6, 6.07) is 13.2. The topological polar surface area (TPSA) is 54.9 Å². The van der Waals surface area contributed by atoms with E-state index in [1.807, 2.05) is 42.5 Å². The summed E-state index contributed by atoms with van der Waals surface area (Å²) in [5.74, 6) is 1.26. The van der Waals surface area contributed by atoms with E-state index in [0.717, 1.165) is 30.5 Å². The number of methoxy groups -OCH3 is 1. The molecule has 0 amide bonds. The van der Waals surface area contributed by atoms with Gasteiger partial charge in [0, 0.05) is 17.1 Å². The SMILES string of the molecule is CCCCNC(=S)N/N=C\c1ccc(OCc2ccccc2Cl)c(OC)c1. The fraction of sp³-hybridized carbons (Fsp3) is 0.300. The molecule has 0 radical (unpaired) electrons. The average Bonchev–Trinajstić information content (AvgIpc) is 2.68. The molecule has 0 heterocycles. The van der Waals surface area contributed by atoms with Crippen molar-refractivity contribution in [1.82, 2.24) is 10.7 Å². The highest BCUT2D eigenvalue weighted by Gasteiger charge is 2.07. The van der Waals surface area contributed by atoms with Crippen molar-refractivity contribution in [3.63, 3.8) is 0 Å². The molecule has 7 heteroatoms. The fourth-order valence-electron chi connectivity index (χ4n) is 2.24. The van der Waals surface area contributed by atoms with Crippen molar-refractivity contribution in [3.8, 4) is 11.5 Å². The fourth-order valence-corrected chi connectivity index (χ4v) is 2.58. The van der Waals surface area contributed by atoms with Crippen LogP contribution in [0.5, 0.6) is 11.5 Å².